The van der Waals surface area contributed by atoms with Crippen LogP contribution in [0.25, 0.3) is 0 Å². The number of likely N-dealkylation sites (N-methyl/N-ethyl adjacent to an activating group) is 1. The van der Waals surface area contributed by atoms with E-state index in [0.717, 1.165) is 45.0 Å². The molecule has 1 saturated heterocycles. The Balaban J connectivity index is 1.76. The second kappa shape index (κ2) is 8.74. The van der Waals surface area contributed by atoms with Crippen LogP contribution >= 0.6 is 0 Å². The third kappa shape index (κ3) is 5.41. The van der Waals surface area contributed by atoms with E-state index in [9.17, 15) is 4.79 Å². The number of benzene rings is 1. The fraction of sp³-hybridized carbons (Fsp3) is 0.588. The summed E-state index contributed by atoms with van der Waals surface area (Å²) in [5.74, 6) is 0.927. The van der Waals surface area contributed by atoms with Crippen LogP contribution in [0.15, 0.2) is 24.3 Å². The van der Waals surface area contributed by atoms with Crippen molar-refractivity contribution in [3.63, 3.8) is 0 Å². The maximum absolute atomic E-state index is 12.1. The Bertz CT molecular complexity index is 499. The first-order valence-corrected chi connectivity index (χ1v) is 8.12. The Morgan fingerprint density at radius 2 is 1.91 bits per heavy atom. The van der Waals surface area contributed by atoms with Crippen LogP contribution in [0.2, 0.25) is 0 Å². The van der Waals surface area contributed by atoms with E-state index < -0.39 is 0 Å². The van der Waals surface area contributed by atoms with Gasteiger partial charge in [0.25, 0.3) is 0 Å². The van der Waals surface area contributed by atoms with Crippen LogP contribution in [0.4, 0.5) is 4.79 Å². The highest BCUT2D eigenvalue weighted by Crippen LogP contribution is 2.19. The Morgan fingerprint density at radius 3 is 2.57 bits per heavy atom. The number of urea groups is 1. The molecule has 2 amide bonds. The number of hydrogen-bond acceptors (Lipinski definition) is 4. The molecule has 0 radical (unpaired) electrons. The maximum atomic E-state index is 12.1. The molecule has 1 aliphatic heterocycles. The zero-order valence-electron chi connectivity index (χ0n) is 14.4. The van der Waals surface area contributed by atoms with Crippen LogP contribution in [0, 0.1) is 0 Å². The number of nitrogens with zero attached hydrogens (tertiary/aromatic N) is 3. The minimum absolute atomic E-state index is 0.0452. The summed E-state index contributed by atoms with van der Waals surface area (Å²) in [5, 5.41) is 2.97. The van der Waals surface area contributed by atoms with E-state index in [2.05, 4.69) is 21.2 Å². The van der Waals surface area contributed by atoms with Crippen LogP contribution < -0.4 is 10.1 Å². The van der Waals surface area contributed by atoms with Crippen molar-refractivity contribution in [3.8, 4) is 5.75 Å². The SMILES string of the molecule is COc1ccccc1CN1CCN(C(=O)NCCN(C)C)CC1. The van der Waals surface area contributed by atoms with Crippen LogP contribution in [0.5, 0.6) is 5.75 Å². The van der Waals surface area contributed by atoms with E-state index in [1.807, 2.05) is 37.2 Å². The van der Waals surface area contributed by atoms with Crippen LogP contribution in [0.3, 0.4) is 0 Å². The van der Waals surface area contributed by atoms with Crippen molar-refractivity contribution in [1.29, 1.82) is 0 Å². The molecular weight excluding hydrogens is 292 g/mol. The summed E-state index contributed by atoms with van der Waals surface area (Å²) in [6, 6.07) is 8.15. The Labute approximate surface area is 139 Å². The zero-order chi connectivity index (χ0) is 16.7. The van der Waals surface area contributed by atoms with Gasteiger partial charge in [-0.05, 0) is 20.2 Å². The maximum Gasteiger partial charge on any atom is 0.317 e. The minimum Gasteiger partial charge on any atom is -0.496 e. The third-order valence-electron chi connectivity index (χ3n) is 4.08. The smallest absolute Gasteiger partial charge is 0.317 e. The minimum atomic E-state index is 0.0452. The van der Waals surface area contributed by atoms with E-state index in [1.54, 1.807) is 7.11 Å². The topological polar surface area (TPSA) is 48.1 Å². The summed E-state index contributed by atoms with van der Waals surface area (Å²) < 4.78 is 5.40. The molecule has 1 aliphatic rings. The Kier molecular flexibility index (Phi) is 6.67. The molecule has 1 N–H and O–H groups in total. The second-order valence-corrected chi connectivity index (χ2v) is 6.11. The normalized spacial score (nSPS) is 15.7. The number of nitrogens with one attached hydrogen (secondary N) is 1. The molecule has 6 heteroatoms. The highest BCUT2D eigenvalue weighted by molar-refractivity contribution is 5.74. The lowest BCUT2D eigenvalue weighted by Crippen LogP contribution is -2.52. The molecule has 6 nitrogen and oxygen atoms in total. The number of ether oxygens (including phenoxy) is 1. The lowest BCUT2D eigenvalue weighted by atomic mass is 10.1. The van der Waals surface area contributed by atoms with Gasteiger partial charge >= 0.3 is 6.03 Å². The molecule has 0 atom stereocenters. The predicted molar refractivity (Wildman–Crippen MR) is 91.8 cm³/mol. The number of methoxy groups -OCH3 is 1. The van der Waals surface area contributed by atoms with E-state index in [1.165, 1.54) is 5.56 Å². The number of amides is 2. The second-order valence-electron chi connectivity index (χ2n) is 6.11. The molecule has 0 bridgehead atoms. The first kappa shape index (κ1) is 17.6. The molecule has 1 aromatic carbocycles. The summed E-state index contributed by atoms with van der Waals surface area (Å²) in [6.45, 7) is 5.72. The summed E-state index contributed by atoms with van der Waals surface area (Å²) in [5.41, 5.74) is 1.19. The fourth-order valence-corrected chi connectivity index (χ4v) is 2.68. The zero-order valence-corrected chi connectivity index (χ0v) is 14.4. The van der Waals surface area contributed by atoms with Gasteiger partial charge in [-0.1, -0.05) is 18.2 Å². The van der Waals surface area contributed by atoms with Crippen molar-refractivity contribution < 1.29 is 9.53 Å². The monoisotopic (exact) mass is 320 g/mol. The number of rotatable bonds is 6. The van der Waals surface area contributed by atoms with Gasteiger partial charge in [0.15, 0.2) is 0 Å². The third-order valence-corrected chi connectivity index (χ3v) is 4.08. The molecule has 0 spiro atoms. The first-order valence-electron chi connectivity index (χ1n) is 8.12. The van der Waals surface area contributed by atoms with Gasteiger partial charge in [-0.3, -0.25) is 4.90 Å². The quantitative estimate of drug-likeness (QED) is 0.852. The van der Waals surface area contributed by atoms with Gasteiger partial charge < -0.3 is 19.9 Å². The van der Waals surface area contributed by atoms with E-state index in [-0.39, 0.29) is 6.03 Å². The Hall–Kier alpha value is -1.79. The van der Waals surface area contributed by atoms with E-state index >= 15 is 0 Å². The van der Waals surface area contributed by atoms with Crippen LogP contribution in [-0.4, -0.2) is 81.2 Å². The first-order chi connectivity index (χ1) is 11.1. The summed E-state index contributed by atoms with van der Waals surface area (Å²) in [7, 11) is 5.71. The highest BCUT2D eigenvalue weighted by atomic mass is 16.5. The Morgan fingerprint density at radius 1 is 1.22 bits per heavy atom. The molecule has 1 aromatic rings. The molecule has 1 fully saturated rings. The summed E-state index contributed by atoms with van der Waals surface area (Å²) in [4.78, 5) is 18.4. The van der Waals surface area contributed by atoms with E-state index in [4.69, 9.17) is 4.74 Å². The van der Waals surface area contributed by atoms with Crippen molar-refractivity contribution in [2.75, 3.05) is 60.5 Å². The van der Waals surface area contributed by atoms with Gasteiger partial charge in [-0.2, -0.15) is 0 Å². The van der Waals surface area contributed by atoms with Gasteiger partial charge in [0.1, 0.15) is 5.75 Å². The molecule has 0 unspecified atom stereocenters. The van der Waals surface area contributed by atoms with Gasteiger partial charge in [0.05, 0.1) is 7.11 Å². The van der Waals surface area contributed by atoms with Crippen molar-refractivity contribution >= 4 is 6.03 Å². The van der Waals surface area contributed by atoms with Gasteiger partial charge in [0, 0.05) is 51.4 Å². The van der Waals surface area contributed by atoms with E-state index in [0.29, 0.717) is 6.54 Å². The van der Waals surface area contributed by atoms with Gasteiger partial charge in [-0.25, -0.2) is 4.79 Å². The molecule has 23 heavy (non-hydrogen) atoms. The number of piperazine rings is 1. The summed E-state index contributed by atoms with van der Waals surface area (Å²) >= 11 is 0. The van der Waals surface area contributed by atoms with Crippen LogP contribution in [-0.2, 0) is 6.54 Å². The average molecular weight is 320 g/mol. The number of para-hydroxylation sites is 1. The molecule has 0 saturated carbocycles. The molecule has 128 valence electrons. The van der Waals surface area contributed by atoms with Crippen molar-refractivity contribution in [1.82, 2.24) is 20.0 Å². The molecule has 0 aliphatic carbocycles. The lowest BCUT2D eigenvalue weighted by molar-refractivity contribution is 0.134. The van der Waals surface area contributed by atoms with Crippen molar-refractivity contribution in [2.45, 2.75) is 6.54 Å². The number of carbonyl (C=O) groups excluding carboxylic acids is 1. The lowest BCUT2D eigenvalue weighted by Gasteiger charge is -2.35. The number of hydrogen-bond donors (Lipinski definition) is 1. The standard InChI is InChI=1S/C17H28N4O2/c1-19(2)9-8-18-17(22)21-12-10-20(11-13-21)14-15-6-4-5-7-16(15)23-3/h4-7H,8-14H2,1-3H3,(H,18,22). The fourth-order valence-electron chi connectivity index (χ4n) is 2.68. The predicted octanol–water partition coefficient (Wildman–Crippen LogP) is 1.08. The van der Waals surface area contributed by atoms with Gasteiger partial charge in [-0.15, -0.1) is 0 Å². The van der Waals surface area contributed by atoms with Crippen molar-refractivity contribution in [2.24, 2.45) is 0 Å². The highest BCUT2D eigenvalue weighted by Gasteiger charge is 2.21. The van der Waals surface area contributed by atoms with Crippen molar-refractivity contribution in [3.05, 3.63) is 29.8 Å². The molecule has 1 heterocycles. The molecule has 0 aromatic heterocycles. The molecule has 2 rings (SSSR count). The number of carbonyl (C=O) groups is 1. The van der Waals surface area contributed by atoms with Crippen LogP contribution in [0.1, 0.15) is 5.56 Å². The molecular formula is C17H28N4O2. The largest absolute Gasteiger partial charge is 0.496 e. The average Bonchev–Trinajstić information content (AvgIpc) is 2.55. The van der Waals surface area contributed by atoms with Gasteiger partial charge in [0.2, 0.25) is 0 Å². The summed E-state index contributed by atoms with van der Waals surface area (Å²) in [6.07, 6.45) is 0.